The second kappa shape index (κ2) is 8.82. The number of hydrogen-bond donors (Lipinski definition) is 2. The van der Waals surface area contributed by atoms with E-state index in [-0.39, 0.29) is 23.4 Å². The van der Waals surface area contributed by atoms with Gasteiger partial charge in [-0.15, -0.1) is 12.4 Å². The highest BCUT2D eigenvalue weighted by atomic mass is 35.5. The minimum atomic E-state index is -4.84. The second-order valence-corrected chi connectivity index (χ2v) is 6.06. The lowest BCUT2D eigenvalue weighted by atomic mass is 9.79. The molecule has 0 aliphatic carbocycles. The van der Waals surface area contributed by atoms with Crippen LogP contribution in [-0.2, 0) is 10.9 Å². The molecule has 0 radical (unpaired) electrons. The van der Waals surface area contributed by atoms with Crippen molar-refractivity contribution in [2.24, 2.45) is 5.41 Å². The van der Waals surface area contributed by atoms with Gasteiger partial charge in [0, 0.05) is 24.6 Å². The van der Waals surface area contributed by atoms with Gasteiger partial charge in [-0.25, -0.2) is 4.39 Å². The maximum atomic E-state index is 13.3. The van der Waals surface area contributed by atoms with Crippen molar-refractivity contribution >= 4 is 18.3 Å². The summed E-state index contributed by atoms with van der Waals surface area (Å²) < 4.78 is 56.7. The summed E-state index contributed by atoms with van der Waals surface area (Å²) >= 11 is 0. The van der Waals surface area contributed by atoms with Gasteiger partial charge in [0.1, 0.15) is 5.82 Å². The van der Waals surface area contributed by atoms with E-state index in [1.807, 2.05) is 0 Å². The summed E-state index contributed by atoms with van der Waals surface area (Å²) in [7, 11) is 1.57. The van der Waals surface area contributed by atoms with Crippen LogP contribution < -0.4 is 10.6 Å². The maximum Gasteiger partial charge on any atom is 0.419 e. The number of methoxy groups -OCH3 is 1. The van der Waals surface area contributed by atoms with Crippen LogP contribution in [0.1, 0.15) is 28.8 Å². The summed E-state index contributed by atoms with van der Waals surface area (Å²) in [6.07, 6.45) is -3.26. The molecule has 1 fully saturated rings. The molecule has 0 atom stereocenters. The summed E-state index contributed by atoms with van der Waals surface area (Å²) in [5.74, 6) is -2.05. The molecule has 9 heteroatoms. The molecule has 1 amide bonds. The molecule has 2 rings (SSSR count). The number of ether oxygens (including phenoxy) is 1. The van der Waals surface area contributed by atoms with Gasteiger partial charge in [0.25, 0.3) is 5.91 Å². The molecular formula is C16H21ClF4N2O2. The molecule has 0 unspecified atom stereocenters. The predicted molar refractivity (Wildman–Crippen MR) is 87.4 cm³/mol. The number of alkyl halides is 3. The van der Waals surface area contributed by atoms with E-state index in [9.17, 15) is 22.4 Å². The van der Waals surface area contributed by atoms with Crippen molar-refractivity contribution in [3.05, 3.63) is 35.1 Å². The topological polar surface area (TPSA) is 50.4 Å². The monoisotopic (exact) mass is 384 g/mol. The van der Waals surface area contributed by atoms with Gasteiger partial charge in [-0.3, -0.25) is 4.79 Å². The molecule has 2 N–H and O–H groups in total. The molecule has 0 bridgehead atoms. The molecule has 0 saturated carbocycles. The normalized spacial score (nSPS) is 16.8. The second-order valence-electron chi connectivity index (χ2n) is 6.06. The summed E-state index contributed by atoms with van der Waals surface area (Å²) in [4.78, 5) is 12.2. The highest BCUT2D eigenvalue weighted by molar-refractivity contribution is 5.94. The fourth-order valence-electron chi connectivity index (χ4n) is 2.89. The average Bonchev–Trinajstić information content (AvgIpc) is 2.53. The van der Waals surface area contributed by atoms with E-state index in [0.717, 1.165) is 32.0 Å². The van der Waals surface area contributed by atoms with Crippen molar-refractivity contribution in [2.75, 3.05) is 33.4 Å². The summed E-state index contributed by atoms with van der Waals surface area (Å²) in [6, 6.07) is 2.24. The Morgan fingerprint density at radius 3 is 2.52 bits per heavy atom. The number of hydrogen-bond acceptors (Lipinski definition) is 3. The maximum absolute atomic E-state index is 13.3. The number of benzene rings is 1. The summed E-state index contributed by atoms with van der Waals surface area (Å²) in [6.45, 7) is 2.31. The van der Waals surface area contributed by atoms with Crippen LogP contribution in [0.15, 0.2) is 18.2 Å². The number of rotatable bonds is 5. The van der Waals surface area contributed by atoms with Gasteiger partial charge in [0.15, 0.2) is 0 Å². The quantitative estimate of drug-likeness (QED) is 0.767. The zero-order chi connectivity index (χ0) is 17.8. The average molecular weight is 385 g/mol. The third-order valence-electron chi connectivity index (χ3n) is 4.27. The van der Waals surface area contributed by atoms with Gasteiger partial charge in [-0.05, 0) is 44.1 Å². The van der Waals surface area contributed by atoms with E-state index in [1.54, 1.807) is 7.11 Å². The summed E-state index contributed by atoms with van der Waals surface area (Å²) in [5, 5.41) is 5.87. The van der Waals surface area contributed by atoms with Crippen LogP contribution >= 0.6 is 12.4 Å². The van der Waals surface area contributed by atoms with E-state index >= 15 is 0 Å². The zero-order valence-electron chi connectivity index (χ0n) is 13.7. The number of carbonyl (C=O) groups excluding carboxylic acids is 1. The van der Waals surface area contributed by atoms with Gasteiger partial charge in [-0.1, -0.05) is 0 Å². The lowest BCUT2D eigenvalue weighted by Gasteiger charge is -2.37. The van der Waals surface area contributed by atoms with Crippen LogP contribution in [0.2, 0.25) is 0 Å². The third-order valence-corrected chi connectivity index (χ3v) is 4.27. The van der Waals surface area contributed by atoms with Crippen LogP contribution in [0.5, 0.6) is 0 Å². The van der Waals surface area contributed by atoms with Gasteiger partial charge >= 0.3 is 6.18 Å². The standard InChI is InChI=1S/C16H20F4N2O2.ClH/c1-24-10-15(4-6-21-7-5-15)9-22-14(23)11-2-3-13(17)12(8-11)16(18,19)20;/h2-3,8,21H,4-7,9-10H2,1H3,(H,22,23);1H. The Morgan fingerprint density at radius 2 is 1.96 bits per heavy atom. The van der Waals surface area contributed by atoms with Crippen molar-refractivity contribution in [1.29, 1.82) is 0 Å². The molecule has 0 aromatic heterocycles. The first kappa shape index (κ1) is 21.7. The molecule has 25 heavy (non-hydrogen) atoms. The highest BCUT2D eigenvalue weighted by Gasteiger charge is 2.35. The smallest absolute Gasteiger partial charge is 0.384 e. The largest absolute Gasteiger partial charge is 0.419 e. The number of carbonyl (C=O) groups is 1. The lowest BCUT2D eigenvalue weighted by molar-refractivity contribution is -0.140. The molecule has 4 nitrogen and oxygen atoms in total. The van der Waals surface area contributed by atoms with Crippen LogP contribution in [0.3, 0.4) is 0 Å². The first-order valence-electron chi connectivity index (χ1n) is 7.62. The van der Waals surface area contributed by atoms with Gasteiger partial charge in [0.2, 0.25) is 0 Å². The van der Waals surface area contributed by atoms with Crippen molar-refractivity contribution < 1.29 is 27.1 Å². The van der Waals surface area contributed by atoms with E-state index < -0.39 is 23.5 Å². The summed E-state index contributed by atoms with van der Waals surface area (Å²) in [5.41, 5.74) is -1.91. The molecule has 1 aromatic rings. The van der Waals surface area contributed by atoms with Gasteiger partial charge in [0.05, 0.1) is 12.2 Å². The number of amides is 1. The Kier molecular flexibility index (Phi) is 7.64. The molecule has 1 aromatic carbocycles. The number of piperidine rings is 1. The molecule has 0 spiro atoms. The zero-order valence-corrected chi connectivity index (χ0v) is 14.5. The lowest BCUT2D eigenvalue weighted by Crippen LogP contribution is -2.47. The predicted octanol–water partition coefficient (Wildman–Crippen LogP) is 3.01. The van der Waals surface area contributed by atoms with Gasteiger partial charge in [-0.2, -0.15) is 13.2 Å². The fourth-order valence-corrected chi connectivity index (χ4v) is 2.89. The van der Waals surface area contributed by atoms with Crippen LogP contribution in [-0.4, -0.2) is 39.3 Å². The Morgan fingerprint density at radius 1 is 1.32 bits per heavy atom. The molecule has 1 aliphatic heterocycles. The van der Waals surface area contributed by atoms with E-state index in [2.05, 4.69) is 10.6 Å². The number of nitrogens with one attached hydrogen (secondary N) is 2. The van der Waals surface area contributed by atoms with Crippen LogP contribution in [0, 0.1) is 11.2 Å². The minimum absolute atomic E-state index is 0. The SMILES string of the molecule is COCC1(CNC(=O)c2ccc(F)c(C(F)(F)F)c2)CCNCC1.Cl. The molecular weight excluding hydrogens is 364 g/mol. The first-order chi connectivity index (χ1) is 11.3. The molecule has 142 valence electrons. The Hall–Kier alpha value is -1.38. The Balaban J connectivity index is 0.00000312. The van der Waals surface area contributed by atoms with Crippen molar-refractivity contribution in [3.63, 3.8) is 0 Å². The molecule has 1 saturated heterocycles. The van der Waals surface area contributed by atoms with Gasteiger partial charge < -0.3 is 15.4 Å². The molecule has 1 aliphatic rings. The van der Waals surface area contributed by atoms with Crippen molar-refractivity contribution in [1.82, 2.24) is 10.6 Å². The van der Waals surface area contributed by atoms with Crippen molar-refractivity contribution in [2.45, 2.75) is 19.0 Å². The molecule has 1 heterocycles. The van der Waals surface area contributed by atoms with E-state index in [4.69, 9.17) is 4.74 Å². The minimum Gasteiger partial charge on any atom is -0.384 e. The first-order valence-corrected chi connectivity index (χ1v) is 7.62. The fraction of sp³-hybridized carbons (Fsp3) is 0.562. The highest BCUT2D eigenvalue weighted by Crippen LogP contribution is 2.32. The van der Waals surface area contributed by atoms with E-state index in [0.29, 0.717) is 25.3 Å². The Labute approximate surface area is 149 Å². The number of halogens is 5. The van der Waals surface area contributed by atoms with E-state index in [1.165, 1.54) is 0 Å². The van der Waals surface area contributed by atoms with Crippen LogP contribution in [0.4, 0.5) is 17.6 Å². The van der Waals surface area contributed by atoms with Crippen molar-refractivity contribution in [3.8, 4) is 0 Å². The third kappa shape index (κ3) is 5.55. The van der Waals surface area contributed by atoms with Crippen LogP contribution in [0.25, 0.3) is 0 Å². The Bertz CT molecular complexity index is 584.